The van der Waals surface area contributed by atoms with E-state index in [9.17, 15) is 11.0 Å². The normalized spacial score (nSPS) is 20.1. The van der Waals surface area contributed by atoms with E-state index in [1.54, 1.807) is 0 Å². The SMILES string of the molecule is [2H]c1c([2H])c(-c2c3c([2H])c([2H])c([2H])c([2H])c3c(-c3c([2H])c([2H])c([2H])c4c3c([2H])c([2H])c3c([2H])c([2H])c([2H])c([2H])c34)c3c([2H])c([2H])c([2H])c([2H])c23)c2c(oc3c4c([2H])c([2H])c([2H])c([2H])c4c([2H])c([2H])c32)c1[2H]. The summed E-state index contributed by atoms with van der Waals surface area (Å²) in [5.41, 5.74) is -3.94. The van der Waals surface area contributed by atoms with Crippen LogP contribution in [0.1, 0.15) is 35.6 Å². The second kappa shape index (κ2) is 9.29. The van der Waals surface area contributed by atoms with Crippen LogP contribution in [-0.4, -0.2) is 0 Å². The predicted octanol–water partition coefficient (Wildman–Crippen LogP) is 12.7. The van der Waals surface area contributed by atoms with Crippen molar-refractivity contribution in [2.75, 3.05) is 0 Å². The molecule has 0 fully saturated rings. The summed E-state index contributed by atoms with van der Waals surface area (Å²) in [6.45, 7) is 0. The monoisotopic (exact) mass is 596 g/mol. The number of furan rings is 1. The molecule has 10 rings (SSSR count). The van der Waals surface area contributed by atoms with E-state index < -0.39 is 255 Å². The van der Waals surface area contributed by atoms with Crippen LogP contribution in [0.3, 0.4) is 0 Å². The molecule has 0 radical (unpaired) electrons. The van der Waals surface area contributed by atoms with Gasteiger partial charge < -0.3 is 4.42 Å². The smallest absolute Gasteiger partial charge is 0.143 e. The molecule has 9 aromatic carbocycles. The summed E-state index contributed by atoms with van der Waals surface area (Å²) in [4.78, 5) is 0. The molecule has 1 aromatic heterocycles. The van der Waals surface area contributed by atoms with E-state index in [1.165, 1.54) is 0 Å². The van der Waals surface area contributed by atoms with Gasteiger partial charge in [0.15, 0.2) is 0 Å². The summed E-state index contributed by atoms with van der Waals surface area (Å²) in [5, 5.41) is -7.09. The van der Waals surface area contributed by atoms with E-state index >= 15 is 0 Å². The number of hydrogen-bond donors (Lipinski definition) is 0. The fourth-order valence-electron chi connectivity index (χ4n) is 5.91. The molecular weight excluding hydrogens is 544 g/mol. The Morgan fingerprint density at radius 3 is 1.51 bits per heavy atom. The van der Waals surface area contributed by atoms with Crippen molar-refractivity contribution >= 4 is 75.8 Å². The highest BCUT2D eigenvalue weighted by molar-refractivity contribution is 6.28. The highest BCUT2D eigenvalue weighted by atomic mass is 16.3. The van der Waals surface area contributed by atoms with Crippen molar-refractivity contribution in [3.8, 4) is 22.3 Å². The molecule has 1 heterocycles. The van der Waals surface area contributed by atoms with E-state index in [0.29, 0.717) is 0 Å². The Morgan fingerprint density at radius 1 is 0.333 bits per heavy atom. The molecule has 0 N–H and O–H groups in total. The van der Waals surface area contributed by atoms with Crippen LogP contribution in [-0.2, 0) is 0 Å². The van der Waals surface area contributed by atoms with Gasteiger partial charge in [-0.25, -0.2) is 0 Å². The Bertz CT molecular complexity index is 4210. The van der Waals surface area contributed by atoms with Crippen LogP contribution in [0.2, 0.25) is 0 Å². The lowest BCUT2D eigenvalue weighted by Crippen LogP contribution is -1.92. The molecule has 0 spiro atoms. The minimum atomic E-state index is -0.986. The maximum absolute atomic E-state index is 9.56. The van der Waals surface area contributed by atoms with Gasteiger partial charge in [-0.2, -0.15) is 0 Å². The lowest BCUT2D eigenvalue weighted by molar-refractivity contribution is 0.673. The first-order valence-electron chi connectivity index (χ1n) is 26.4. The first-order valence-corrected chi connectivity index (χ1v) is 13.4. The van der Waals surface area contributed by atoms with Crippen LogP contribution in [0.4, 0.5) is 0 Å². The molecule has 0 unspecified atom stereocenters. The molecule has 0 saturated carbocycles. The maximum atomic E-state index is 9.56. The Kier molecular flexibility index (Phi) is 2.13. The summed E-state index contributed by atoms with van der Waals surface area (Å²) in [5.74, 6) is 0. The largest absolute Gasteiger partial charge is 0.455 e. The van der Waals surface area contributed by atoms with Crippen molar-refractivity contribution in [2.24, 2.45) is 0 Å². The summed E-state index contributed by atoms with van der Waals surface area (Å²) in [6.07, 6.45) is 0. The summed E-state index contributed by atoms with van der Waals surface area (Å²) in [7, 11) is 0. The third-order valence-electron chi connectivity index (χ3n) is 7.75. The lowest BCUT2D eigenvalue weighted by atomic mass is 9.83. The second-order valence-corrected chi connectivity index (χ2v) is 10.0. The third kappa shape index (κ3) is 3.44. The molecule has 0 atom stereocenters. The van der Waals surface area contributed by atoms with Gasteiger partial charge in [-0.1, -0.05) is 145 Å². The minimum absolute atomic E-state index is 0.447. The molecule has 208 valence electrons. The average molecular weight is 597 g/mol. The van der Waals surface area contributed by atoms with Gasteiger partial charge in [0.25, 0.3) is 0 Å². The van der Waals surface area contributed by atoms with E-state index in [-0.39, 0.29) is 0 Å². The first-order chi connectivity index (χ1) is 33.2. The van der Waals surface area contributed by atoms with Crippen molar-refractivity contribution in [3.63, 3.8) is 0 Å². The molecule has 1 nitrogen and oxygen atoms in total. The zero-order valence-corrected chi connectivity index (χ0v) is 22.4. The van der Waals surface area contributed by atoms with Gasteiger partial charge in [0.05, 0.1) is 35.6 Å². The third-order valence-corrected chi connectivity index (χ3v) is 7.75. The molecule has 0 aliphatic carbocycles. The van der Waals surface area contributed by atoms with Gasteiger partial charge >= 0.3 is 0 Å². The van der Waals surface area contributed by atoms with Crippen molar-refractivity contribution < 1.29 is 40.1 Å². The standard InChI is InChI=1S/C44H26O/c1-3-13-29-27(11-1)23-25-32-31(29)19-9-20-33(32)41-34-15-5-7-17-36(34)42(37-18-8-6-16-35(37)41)38-21-10-22-40-43(38)39-26-24-28-12-2-4-14-30(28)44(39)45-40/h1-26H/i1D,2D,3D,4D,5D,6D,7D,8D,9D,10D,11D,12D,13D,14D,15D,16D,17D,18D,19D,20D,21D,22D,23D,24D,25D,26D. The molecule has 0 amide bonds. The van der Waals surface area contributed by atoms with Gasteiger partial charge in [0.1, 0.15) is 11.2 Å². The first kappa shape index (κ1) is 10.3. The molecule has 0 aliphatic heterocycles. The van der Waals surface area contributed by atoms with Gasteiger partial charge in [0.2, 0.25) is 0 Å². The van der Waals surface area contributed by atoms with Crippen molar-refractivity contribution in [3.05, 3.63) is 157 Å². The van der Waals surface area contributed by atoms with Gasteiger partial charge in [-0.15, -0.1) is 0 Å². The predicted molar refractivity (Wildman–Crippen MR) is 192 cm³/mol. The van der Waals surface area contributed by atoms with E-state index in [2.05, 4.69) is 0 Å². The molecule has 1 heteroatoms. The van der Waals surface area contributed by atoms with Crippen LogP contribution in [0, 0.1) is 0 Å². The van der Waals surface area contributed by atoms with Crippen LogP contribution in [0.15, 0.2) is 162 Å². The summed E-state index contributed by atoms with van der Waals surface area (Å²) >= 11 is 0. The molecule has 45 heavy (non-hydrogen) atoms. The number of benzene rings is 9. The lowest BCUT2D eigenvalue weighted by Gasteiger charge is -2.19. The van der Waals surface area contributed by atoms with Crippen molar-refractivity contribution in [1.29, 1.82) is 0 Å². The molecule has 10 aromatic rings. The Hall–Kier alpha value is -5.92. The Balaban J connectivity index is 1.59. The summed E-state index contributed by atoms with van der Waals surface area (Å²) < 4.78 is 241. The Morgan fingerprint density at radius 2 is 0.822 bits per heavy atom. The van der Waals surface area contributed by atoms with Gasteiger partial charge in [0, 0.05) is 16.2 Å². The molecular formula is C44H26O. The van der Waals surface area contributed by atoms with Gasteiger partial charge in [-0.05, 0) is 82.8 Å². The molecule has 0 bridgehead atoms. The fraction of sp³-hybridized carbons (Fsp3) is 0. The van der Waals surface area contributed by atoms with Gasteiger partial charge in [-0.3, -0.25) is 0 Å². The minimum Gasteiger partial charge on any atom is -0.455 e. The number of hydrogen-bond acceptors (Lipinski definition) is 1. The highest BCUT2D eigenvalue weighted by Crippen LogP contribution is 2.48. The summed E-state index contributed by atoms with van der Waals surface area (Å²) in [6, 6.07) is -23.0. The number of rotatable bonds is 2. The van der Waals surface area contributed by atoms with E-state index in [1.807, 2.05) is 0 Å². The zero-order valence-electron chi connectivity index (χ0n) is 48.4. The number of fused-ring (bicyclic) bond motifs is 10. The van der Waals surface area contributed by atoms with E-state index in [4.69, 9.17) is 29.1 Å². The van der Waals surface area contributed by atoms with Crippen molar-refractivity contribution in [1.82, 2.24) is 0 Å². The Labute approximate surface area is 296 Å². The topological polar surface area (TPSA) is 13.1 Å². The van der Waals surface area contributed by atoms with Crippen molar-refractivity contribution in [2.45, 2.75) is 0 Å². The highest BCUT2D eigenvalue weighted by Gasteiger charge is 2.21. The fourth-order valence-corrected chi connectivity index (χ4v) is 5.91. The zero-order chi connectivity index (χ0) is 52.1. The quantitative estimate of drug-likeness (QED) is 0.143. The van der Waals surface area contributed by atoms with Crippen LogP contribution in [0.25, 0.3) is 98.1 Å². The van der Waals surface area contributed by atoms with Crippen LogP contribution < -0.4 is 0 Å². The maximum Gasteiger partial charge on any atom is 0.143 e. The average Bonchev–Trinajstić information content (AvgIpc) is 3.74. The molecule has 0 aliphatic rings. The second-order valence-electron chi connectivity index (χ2n) is 10.0. The van der Waals surface area contributed by atoms with E-state index in [0.717, 1.165) is 0 Å². The van der Waals surface area contributed by atoms with Crippen LogP contribution in [0.5, 0.6) is 0 Å². The van der Waals surface area contributed by atoms with Crippen LogP contribution >= 0.6 is 0 Å². The molecule has 0 saturated heterocycles.